The highest BCUT2D eigenvalue weighted by atomic mass is 16.5. The second kappa shape index (κ2) is 5.81. The maximum Gasteiger partial charge on any atom is 0.214 e. The predicted molar refractivity (Wildman–Crippen MR) is 82.7 cm³/mol. The molecule has 6 heteroatoms. The van der Waals surface area contributed by atoms with E-state index in [4.69, 9.17) is 9.15 Å². The summed E-state index contributed by atoms with van der Waals surface area (Å²) in [7, 11) is 0. The van der Waals surface area contributed by atoms with Gasteiger partial charge in [0.15, 0.2) is 5.58 Å². The predicted octanol–water partition coefficient (Wildman–Crippen LogP) is 2.99. The fraction of sp³-hybridized carbons (Fsp3) is 0.375. The molecule has 4 rings (SSSR count). The highest BCUT2D eigenvalue weighted by Gasteiger charge is 2.16. The van der Waals surface area contributed by atoms with Gasteiger partial charge in [-0.05, 0) is 25.0 Å². The quantitative estimate of drug-likeness (QED) is 0.802. The summed E-state index contributed by atoms with van der Waals surface area (Å²) >= 11 is 0. The molecule has 22 heavy (non-hydrogen) atoms. The van der Waals surface area contributed by atoms with Crippen LogP contribution >= 0.6 is 0 Å². The molecule has 2 aromatic heterocycles. The van der Waals surface area contributed by atoms with Crippen molar-refractivity contribution in [1.29, 1.82) is 0 Å². The van der Waals surface area contributed by atoms with E-state index < -0.39 is 0 Å². The average Bonchev–Trinajstić information content (AvgIpc) is 3.20. The number of hydrogen-bond acceptors (Lipinski definition) is 5. The first-order valence-electron chi connectivity index (χ1n) is 7.60. The van der Waals surface area contributed by atoms with Gasteiger partial charge in [-0.2, -0.15) is 5.10 Å². The number of fused-ring (bicyclic) bond motifs is 1. The Morgan fingerprint density at radius 1 is 1.18 bits per heavy atom. The van der Waals surface area contributed by atoms with Gasteiger partial charge >= 0.3 is 0 Å². The van der Waals surface area contributed by atoms with E-state index in [0.717, 1.165) is 43.0 Å². The van der Waals surface area contributed by atoms with Crippen LogP contribution in [0.5, 0.6) is 0 Å². The molecule has 1 aliphatic rings. The SMILES string of the molecule is c1ccc2oc(CNc3ccn(C4CCOCC4)n3)nc2c1. The Labute approximate surface area is 128 Å². The molecule has 114 valence electrons. The van der Waals surface area contributed by atoms with Gasteiger partial charge in [0.2, 0.25) is 5.89 Å². The topological polar surface area (TPSA) is 65.1 Å². The van der Waals surface area contributed by atoms with Crippen molar-refractivity contribution in [3.05, 3.63) is 42.4 Å². The number of rotatable bonds is 4. The number of para-hydroxylation sites is 2. The molecule has 0 spiro atoms. The maximum atomic E-state index is 5.69. The van der Waals surface area contributed by atoms with Crippen molar-refractivity contribution in [2.45, 2.75) is 25.4 Å². The molecule has 0 bridgehead atoms. The Bertz CT molecular complexity index is 725. The molecule has 1 fully saturated rings. The van der Waals surface area contributed by atoms with E-state index in [0.29, 0.717) is 18.5 Å². The molecule has 3 heterocycles. The summed E-state index contributed by atoms with van der Waals surface area (Å²) in [5.74, 6) is 1.51. The van der Waals surface area contributed by atoms with Gasteiger partial charge < -0.3 is 14.5 Å². The molecule has 0 radical (unpaired) electrons. The van der Waals surface area contributed by atoms with Crippen molar-refractivity contribution in [3.8, 4) is 0 Å². The first-order valence-corrected chi connectivity index (χ1v) is 7.60. The smallest absolute Gasteiger partial charge is 0.214 e. The minimum atomic E-state index is 0.439. The second-order valence-electron chi connectivity index (χ2n) is 5.45. The molecule has 0 saturated carbocycles. The third-order valence-corrected chi connectivity index (χ3v) is 3.93. The number of oxazole rings is 1. The van der Waals surface area contributed by atoms with E-state index >= 15 is 0 Å². The fourth-order valence-electron chi connectivity index (χ4n) is 2.75. The molecule has 1 saturated heterocycles. The van der Waals surface area contributed by atoms with E-state index in [1.165, 1.54) is 0 Å². The van der Waals surface area contributed by atoms with Crippen LogP contribution in [0.4, 0.5) is 5.82 Å². The van der Waals surface area contributed by atoms with Crippen molar-refractivity contribution in [2.75, 3.05) is 18.5 Å². The zero-order valence-electron chi connectivity index (χ0n) is 12.2. The third-order valence-electron chi connectivity index (χ3n) is 3.93. The lowest BCUT2D eigenvalue weighted by molar-refractivity contribution is 0.0663. The van der Waals surface area contributed by atoms with Crippen molar-refractivity contribution >= 4 is 16.9 Å². The lowest BCUT2D eigenvalue weighted by Gasteiger charge is -2.22. The van der Waals surface area contributed by atoms with Gasteiger partial charge in [-0.3, -0.25) is 4.68 Å². The summed E-state index contributed by atoms with van der Waals surface area (Å²) in [6, 6.07) is 10.2. The summed E-state index contributed by atoms with van der Waals surface area (Å²) in [5.41, 5.74) is 1.69. The molecule has 0 amide bonds. The van der Waals surface area contributed by atoms with Crippen molar-refractivity contribution in [1.82, 2.24) is 14.8 Å². The van der Waals surface area contributed by atoms with Crippen LogP contribution < -0.4 is 5.32 Å². The largest absolute Gasteiger partial charge is 0.439 e. The number of nitrogens with one attached hydrogen (secondary N) is 1. The lowest BCUT2D eigenvalue weighted by atomic mass is 10.1. The number of benzene rings is 1. The highest BCUT2D eigenvalue weighted by molar-refractivity contribution is 5.72. The molecule has 1 aromatic carbocycles. The molecule has 1 N–H and O–H groups in total. The molecular formula is C16H18N4O2. The van der Waals surface area contributed by atoms with Gasteiger partial charge in [-0.25, -0.2) is 4.98 Å². The van der Waals surface area contributed by atoms with Gasteiger partial charge in [-0.15, -0.1) is 0 Å². The molecular weight excluding hydrogens is 280 g/mol. The first kappa shape index (κ1) is 13.3. The number of anilines is 1. The average molecular weight is 298 g/mol. The molecule has 3 aromatic rings. The first-order chi connectivity index (χ1) is 10.9. The molecule has 6 nitrogen and oxygen atoms in total. The van der Waals surface area contributed by atoms with E-state index in [1.54, 1.807) is 0 Å². The van der Waals surface area contributed by atoms with Crippen LogP contribution in [-0.4, -0.2) is 28.0 Å². The second-order valence-corrected chi connectivity index (χ2v) is 5.45. The number of aromatic nitrogens is 3. The molecule has 1 aliphatic heterocycles. The van der Waals surface area contributed by atoms with Gasteiger partial charge in [0.1, 0.15) is 11.3 Å². The zero-order chi connectivity index (χ0) is 14.8. The van der Waals surface area contributed by atoms with Crippen LogP contribution in [0.3, 0.4) is 0 Å². The van der Waals surface area contributed by atoms with Gasteiger partial charge in [0, 0.05) is 25.5 Å². The number of nitrogens with zero attached hydrogens (tertiary/aromatic N) is 3. The van der Waals surface area contributed by atoms with Gasteiger partial charge in [0.05, 0.1) is 12.6 Å². The summed E-state index contributed by atoms with van der Waals surface area (Å²) in [5, 5.41) is 7.85. The maximum absolute atomic E-state index is 5.69. The van der Waals surface area contributed by atoms with E-state index in [9.17, 15) is 0 Å². The van der Waals surface area contributed by atoms with Crippen LogP contribution in [0.25, 0.3) is 11.1 Å². The minimum Gasteiger partial charge on any atom is -0.439 e. The Morgan fingerprint density at radius 2 is 2.05 bits per heavy atom. The molecule has 0 atom stereocenters. The third kappa shape index (κ3) is 2.69. The lowest BCUT2D eigenvalue weighted by Crippen LogP contribution is -2.20. The zero-order valence-corrected chi connectivity index (χ0v) is 12.2. The van der Waals surface area contributed by atoms with Crippen molar-refractivity contribution in [2.24, 2.45) is 0 Å². The number of ether oxygens (including phenoxy) is 1. The summed E-state index contributed by atoms with van der Waals surface area (Å²) in [4.78, 5) is 4.44. The van der Waals surface area contributed by atoms with Crippen molar-refractivity contribution in [3.63, 3.8) is 0 Å². The summed E-state index contributed by atoms with van der Waals surface area (Å²) < 4.78 is 13.1. The van der Waals surface area contributed by atoms with Crippen LogP contribution in [0.2, 0.25) is 0 Å². The van der Waals surface area contributed by atoms with E-state index in [-0.39, 0.29) is 0 Å². The minimum absolute atomic E-state index is 0.439. The Balaban J connectivity index is 1.42. The molecule has 0 aliphatic carbocycles. The normalized spacial score (nSPS) is 16.2. The Morgan fingerprint density at radius 3 is 2.91 bits per heavy atom. The highest BCUT2D eigenvalue weighted by Crippen LogP contribution is 2.21. The van der Waals surface area contributed by atoms with Crippen molar-refractivity contribution < 1.29 is 9.15 Å². The molecule has 0 unspecified atom stereocenters. The fourth-order valence-corrected chi connectivity index (χ4v) is 2.75. The van der Waals surface area contributed by atoms with E-state index in [1.807, 2.05) is 41.2 Å². The van der Waals surface area contributed by atoms with E-state index in [2.05, 4.69) is 15.4 Å². The van der Waals surface area contributed by atoms with Gasteiger partial charge in [-0.1, -0.05) is 12.1 Å². The summed E-state index contributed by atoms with van der Waals surface area (Å²) in [6.45, 7) is 2.16. The van der Waals surface area contributed by atoms with Crippen LogP contribution in [-0.2, 0) is 11.3 Å². The monoisotopic (exact) mass is 298 g/mol. The Hall–Kier alpha value is -2.34. The summed E-state index contributed by atoms with van der Waals surface area (Å²) in [6.07, 6.45) is 4.06. The van der Waals surface area contributed by atoms with Crippen LogP contribution in [0.1, 0.15) is 24.8 Å². The Kier molecular flexibility index (Phi) is 3.52. The van der Waals surface area contributed by atoms with Crippen LogP contribution in [0.15, 0.2) is 40.9 Å². The number of hydrogen-bond donors (Lipinski definition) is 1. The van der Waals surface area contributed by atoms with Gasteiger partial charge in [0.25, 0.3) is 0 Å². The van der Waals surface area contributed by atoms with Crippen LogP contribution in [0, 0.1) is 0 Å². The standard InChI is InChI=1S/C16H18N4O2/c1-2-4-14-13(3-1)18-16(22-14)11-17-15-5-8-20(19-15)12-6-9-21-10-7-12/h1-5,8,12H,6-7,9-11H2,(H,17,19).